The van der Waals surface area contributed by atoms with Gasteiger partial charge >= 0.3 is 0 Å². The predicted octanol–water partition coefficient (Wildman–Crippen LogP) is 2.44. The van der Waals surface area contributed by atoms with E-state index in [0.29, 0.717) is 22.5 Å². The summed E-state index contributed by atoms with van der Waals surface area (Å²) < 4.78 is 0. The second-order valence-electron chi connectivity index (χ2n) is 6.51. The molecule has 0 bridgehead atoms. The maximum atomic E-state index is 12.1. The Hall–Kier alpha value is -1.33. The number of amides is 1. The summed E-state index contributed by atoms with van der Waals surface area (Å²) in [6.45, 7) is 5.97. The molecular formula is C16H25ClN4O. The smallest absolute Gasteiger partial charge is 0.254 e. The van der Waals surface area contributed by atoms with Crippen molar-refractivity contribution in [2.45, 2.75) is 38.6 Å². The number of carbonyl (C=O) groups is 1. The van der Waals surface area contributed by atoms with Gasteiger partial charge in [-0.3, -0.25) is 4.79 Å². The second kappa shape index (κ2) is 6.84. The molecule has 3 N–H and O–H groups in total. The summed E-state index contributed by atoms with van der Waals surface area (Å²) in [4.78, 5) is 18.8. The van der Waals surface area contributed by atoms with E-state index in [-0.39, 0.29) is 11.4 Å². The summed E-state index contributed by atoms with van der Waals surface area (Å²) in [6, 6.07) is 3.40. The normalized spacial score (nSPS) is 20.2. The molecule has 0 spiro atoms. The minimum absolute atomic E-state index is 0.0558. The summed E-state index contributed by atoms with van der Waals surface area (Å²) in [5, 5.41) is 3.08. The quantitative estimate of drug-likeness (QED) is 0.816. The third kappa shape index (κ3) is 3.52. The molecule has 0 saturated carbocycles. The molecule has 1 fully saturated rings. The molecule has 2 heterocycles. The summed E-state index contributed by atoms with van der Waals surface area (Å²) >= 11 is 6.07. The third-order valence-electron chi connectivity index (χ3n) is 4.34. The van der Waals surface area contributed by atoms with Crippen LogP contribution in [-0.4, -0.2) is 36.6 Å². The van der Waals surface area contributed by atoms with E-state index in [4.69, 9.17) is 17.3 Å². The molecule has 0 radical (unpaired) electrons. The molecule has 5 nitrogen and oxygen atoms in total. The zero-order valence-corrected chi connectivity index (χ0v) is 14.3. The molecule has 22 heavy (non-hydrogen) atoms. The van der Waals surface area contributed by atoms with E-state index in [1.165, 1.54) is 0 Å². The maximum absolute atomic E-state index is 12.1. The van der Waals surface area contributed by atoms with Gasteiger partial charge in [-0.15, -0.1) is 0 Å². The van der Waals surface area contributed by atoms with E-state index >= 15 is 0 Å². The Morgan fingerprint density at radius 3 is 2.91 bits per heavy atom. The van der Waals surface area contributed by atoms with E-state index in [0.717, 1.165) is 32.4 Å². The number of nitrogens with two attached hydrogens (primary N) is 1. The van der Waals surface area contributed by atoms with Crippen LogP contribution in [0.1, 0.15) is 43.5 Å². The first-order valence-corrected chi connectivity index (χ1v) is 8.13. The highest BCUT2D eigenvalue weighted by Gasteiger charge is 2.40. The van der Waals surface area contributed by atoms with Crippen LogP contribution in [0.15, 0.2) is 12.1 Å². The number of nitrogens with one attached hydrogen (secondary N) is 1. The molecule has 6 heteroatoms. The van der Waals surface area contributed by atoms with Crippen molar-refractivity contribution < 1.29 is 4.79 Å². The fourth-order valence-corrected chi connectivity index (χ4v) is 3.45. The number of pyridine rings is 1. The van der Waals surface area contributed by atoms with Gasteiger partial charge in [0, 0.05) is 19.1 Å². The summed E-state index contributed by atoms with van der Waals surface area (Å²) in [5.41, 5.74) is 6.14. The highest BCUT2D eigenvalue weighted by molar-refractivity contribution is 6.29. The van der Waals surface area contributed by atoms with E-state index in [9.17, 15) is 4.79 Å². The lowest BCUT2D eigenvalue weighted by Gasteiger charge is -2.33. The van der Waals surface area contributed by atoms with Crippen molar-refractivity contribution in [2.75, 3.05) is 25.0 Å². The third-order valence-corrected chi connectivity index (χ3v) is 4.56. The number of aromatic nitrogens is 1. The van der Waals surface area contributed by atoms with Crippen molar-refractivity contribution in [1.82, 2.24) is 10.3 Å². The summed E-state index contributed by atoms with van der Waals surface area (Å²) in [6.07, 6.45) is 3.19. The lowest BCUT2D eigenvalue weighted by molar-refractivity contribution is 0.0963. The Morgan fingerprint density at radius 2 is 2.27 bits per heavy atom. The monoisotopic (exact) mass is 324 g/mol. The van der Waals surface area contributed by atoms with Gasteiger partial charge in [-0.25, -0.2) is 4.98 Å². The first-order chi connectivity index (χ1) is 10.4. The molecule has 0 aliphatic carbocycles. The average Bonchev–Trinajstić information content (AvgIpc) is 2.78. The zero-order valence-electron chi connectivity index (χ0n) is 13.5. The minimum atomic E-state index is -0.139. The number of carbonyl (C=O) groups excluding carboxylic acids is 1. The van der Waals surface area contributed by atoms with Gasteiger partial charge in [-0.1, -0.05) is 11.6 Å². The van der Waals surface area contributed by atoms with Gasteiger partial charge in [-0.2, -0.15) is 0 Å². The van der Waals surface area contributed by atoms with Crippen LogP contribution < -0.4 is 16.0 Å². The van der Waals surface area contributed by atoms with Crippen molar-refractivity contribution in [3.8, 4) is 0 Å². The molecule has 1 aliphatic heterocycles. The molecule has 1 saturated heterocycles. The Labute approximate surface area is 137 Å². The number of halogens is 1. The van der Waals surface area contributed by atoms with E-state index in [1.807, 2.05) is 0 Å². The van der Waals surface area contributed by atoms with Gasteiger partial charge in [0.25, 0.3) is 5.91 Å². The highest BCUT2D eigenvalue weighted by Crippen LogP contribution is 2.39. The lowest BCUT2D eigenvalue weighted by Crippen LogP contribution is -2.40. The standard InChI is InChI=1S/C16H25ClN4O/c1-16(2)9-11(5-4-8-18)10-21(16)14-12(15(22)19-3)6-7-13(17)20-14/h6-7,11H,4-5,8-10,18H2,1-3H3,(H,19,22)/t11-/m0/s1. The van der Waals surface area contributed by atoms with Crippen LogP contribution >= 0.6 is 11.6 Å². The molecule has 1 aliphatic rings. The first-order valence-electron chi connectivity index (χ1n) is 7.75. The molecule has 0 aromatic carbocycles. The number of hydrogen-bond donors (Lipinski definition) is 2. The van der Waals surface area contributed by atoms with Crippen LogP contribution in [0, 0.1) is 5.92 Å². The predicted molar refractivity (Wildman–Crippen MR) is 90.5 cm³/mol. The van der Waals surface area contributed by atoms with Crippen LogP contribution in [0.25, 0.3) is 0 Å². The van der Waals surface area contributed by atoms with Gasteiger partial charge in [0.1, 0.15) is 11.0 Å². The van der Waals surface area contributed by atoms with Crippen LogP contribution in [-0.2, 0) is 0 Å². The van der Waals surface area contributed by atoms with E-state index < -0.39 is 0 Å². The van der Waals surface area contributed by atoms with Gasteiger partial charge in [0.05, 0.1) is 5.56 Å². The Kier molecular flexibility index (Phi) is 5.29. The zero-order chi connectivity index (χ0) is 16.3. The van der Waals surface area contributed by atoms with Crippen molar-refractivity contribution >= 4 is 23.3 Å². The fraction of sp³-hybridized carbons (Fsp3) is 0.625. The van der Waals surface area contributed by atoms with Crippen LogP contribution in [0.5, 0.6) is 0 Å². The van der Waals surface area contributed by atoms with Gasteiger partial charge in [-0.05, 0) is 57.7 Å². The van der Waals surface area contributed by atoms with Crippen LogP contribution in [0.3, 0.4) is 0 Å². The summed E-state index contributed by atoms with van der Waals surface area (Å²) in [5.74, 6) is 1.10. The number of hydrogen-bond acceptors (Lipinski definition) is 4. The fourth-order valence-electron chi connectivity index (χ4n) is 3.30. The Bertz CT molecular complexity index is 547. The SMILES string of the molecule is CNC(=O)c1ccc(Cl)nc1N1C[C@@H](CCCN)CC1(C)C. The molecule has 122 valence electrons. The summed E-state index contributed by atoms with van der Waals surface area (Å²) in [7, 11) is 1.62. The van der Waals surface area contributed by atoms with Crippen molar-refractivity contribution in [3.05, 3.63) is 22.8 Å². The largest absolute Gasteiger partial charge is 0.355 e. The molecule has 0 unspecified atom stereocenters. The molecule has 1 aromatic heterocycles. The maximum Gasteiger partial charge on any atom is 0.254 e. The number of anilines is 1. The second-order valence-corrected chi connectivity index (χ2v) is 6.90. The first kappa shape index (κ1) is 17.0. The molecule has 1 aromatic rings. The number of nitrogens with zero attached hydrogens (tertiary/aromatic N) is 2. The molecule has 2 rings (SSSR count). The van der Waals surface area contributed by atoms with E-state index in [2.05, 4.69) is 29.0 Å². The van der Waals surface area contributed by atoms with Crippen LogP contribution in [0.4, 0.5) is 5.82 Å². The molecule has 1 amide bonds. The van der Waals surface area contributed by atoms with Gasteiger partial charge in [0.15, 0.2) is 0 Å². The Morgan fingerprint density at radius 1 is 1.55 bits per heavy atom. The highest BCUT2D eigenvalue weighted by atomic mass is 35.5. The Balaban J connectivity index is 2.33. The lowest BCUT2D eigenvalue weighted by atomic mass is 9.93. The van der Waals surface area contributed by atoms with Crippen molar-refractivity contribution in [1.29, 1.82) is 0 Å². The molecule has 1 atom stereocenters. The van der Waals surface area contributed by atoms with Gasteiger partial charge in [0.2, 0.25) is 0 Å². The van der Waals surface area contributed by atoms with E-state index in [1.54, 1.807) is 19.2 Å². The average molecular weight is 325 g/mol. The minimum Gasteiger partial charge on any atom is -0.355 e. The van der Waals surface area contributed by atoms with Gasteiger partial charge < -0.3 is 16.0 Å². The molecular weight excluding hydrogens is 300 g/mol. The topological polar surface area (TPSA) is 71.2 Å². The van der Waals surface area contributed by atoms with Crippen molar-refractivity contribution in [3.63, 3.8) is 0 Å². The van der Waals surface area contributed by atoms with Crippen molar-refractivity contribution in [2.24, 2.45) is 11.7 Å². The number of rotatable bonds is 5. The van der Waals surface area contributed by atoms with Crippen LogP contribution in [0.2, 0.25) is 5.15 Å².